The lowest BCUT2D eigenvalue weighted by molar-refractivity contribution is -0.124. The molecule has 1 aromatic rings. The summed E-state index contributed by atoms with van der Waals surface area (Å²) in [4.78, 5) is 13.2. The maximum Gasteiger partial charge on any atom is 0.221 e. The van der Waals surface area contributed by atoms with Crippen LogP contribution in [0, 0.1) is 0 Å². The molecule has 5 heteroatoms. The van der Waals surface area contributed by atoms with Gasteiger partial charge < -0.3 is 15.2 Å². The van der Waals surface area contributed by atoms with Gasteiger partial charge in [0.05, 0.1) is 12.1 Å². The number of ether oxygens (including phenoxy) is 1. The molecular formula is C15H21NO3S. The van der Waals surface area contributed by atoms with Crippen molar-refractivity contribution in [2.75, 3.05) is 25.6 Å². The third kappa shape index (κ3) is 4.51. The fraction of sp³-hybridized carbons (Fsp3) is 0.533. The number of amides is 1. The first kappa shape index (κ1) is 15.4. The maximum absolute atomic E-state index is 12.0. The van der Waals surface area contributed by atoms with Gasteiger partial charge in [0, 0.05) is 30.3 Å². The van der Waals surface area contributed by atoms with Crippen molar-refractivity contribution in [1.82, 2.24) is 5.32 Å². The highest BCUT2D eigenvalue weighted by Crippen LogP contribution is 2.21. The van der Waals surface area contributed by atoms with Gasteiger partial charge in [-0.15, -0.1) is 11.8 Å². The number of aliphatic hydroxyl groups is 1. The molecule has 0 aromatic heterocycles. The Kier molecular flexibility index (Phi) is 5.88. The van der Waals surface area contributed by atoms with Crippen LogP contribution in [0.25, 0.3) is 0 Å². The summed E-state index contributed by atoms with van der Waals surface area (Å²) in [6.45, 7) is 1.17. The highest BCUT2D eigenvalue weighted by molar-refractivity contribution is 7.99. The molecule has 1 amide bonds. The average molecular weight is 295 g/mol. The molecular weight excluding hydrogens is 274 g/mol. The first-order valence-electron chi connectivity index (χ1n) is 6.92. The normalized spacial score (nSPS) is 17.6. The van der Waals surface area contributed by atoms with Crippen LogP contribution in [-0.4, -0.2) is 42.1 Å². The topological polar surface area (TPSA) is 58.6 Å². The van der Waals surface area contributed by atoms with Crippen molar-refractivity contribution < 1.29 is 14.6 Å². The predicted octanol–water partition coefficient (Wildman–Crippen LogP) is 1.83. The molecule has 0 radical (unpaired) electrons. The van der Waals surface area contributed by atoms with Crippen LogP contribution in [0.1, 0.15) is 19.3 Å². The smallest absolute Gasteiger partial charge is 0.221 e. The summed E-state index contributed by atoms with van der Waals surface area (Å²) in [5.41, 5.74) is -0.479. The number of hydrogen-bond acceptors (Lipinski definition) is 4. The second-order valence-corrected chi connectivity index (χ2v) is 6.18. The van der Waals surface area contributed by atoms with Gasteiger partial charge in [0.15, 0.2) is 0 Å². The van der Waals surface area contributed by atoms with Gasteiger partial charge in [-0.05, 0) is 25.0 Å². The van der Waals surface area contributed by atoms with Gasteiger partial charge in [0.1, 0.15) is 0 Å². The highest BCUT2D eigenvalue weighted by atomic mass is 32.2. The largest absolute Gasteiger partial charge is 0.394 e. The lowest BCUT2D eigenvalue weighted by atomic mass is 9.91. The summed E-state index contributed by atoms with van der Waals surface area (Å²) in [6.07, 6.45) is 1.82. The zero-order valence-electron chi connectivity index (χ0n) is 11.5. The van der Waals surface area contributed by atoms with Crippen molar-refractivity contribution in [1.29, 1.82) is 0 Å². The number of nitrogens with one attached hydrogen (secondary N) is 1. The Morgan fingerprint density at radius 1 is 1.30 bits per heavy atom. The van der Waals surface area contributed by atoms with Gasteiger partial charge in [-0.1, -0.05) is 18.2 Å². The van der Waals surface area contributed by atoms with Gasteiger partial charge in [-0.2, -0.15) is 0 Å². The Hall–Kier alpha value is -1.04. The number of aliphatic hydroxyl groups excluding tert-OH is 1. The molecule has 0 bridgehead atoms. The molecule has 0 spiro atoms. The number of carbonyl (C=O) groups is 1. The maximum atomic E-state index is 12.0. The molecule has 1 aliphatic heterocycles. The summed E-state index contributed by atoms with van der Waals surface area (Å²) >= 11 is 1.67. The van der Waals surface area contributed by atoms with E-state index in [1.165, 1.54) is 4.90 Å². The van der Waals surface area contributed by atoms with E-state index in [0.29, 0.717) is 32.5 Å². The second-order valence-electron chi connectivity index (χ2n) is 5.01. The van der Waals surface area contributed by atoms with Gasteiger partial charge in [-0.25, -0.2) is 0 Å². The molecule has 0 saturated carbocycles. The zero-order valence-corrected chi connectivity index (χ0v) is 12.3. The van der Waals surface area contributed by atoms with Crippen LogP contribution in [0.3, 0.4) is 0 Å². The number of hydrogen-bond donors (Lipinski definition) is 2. The first-order valence-corrected chi connectivity index (χ1v) is 7.90. The van der Waals surface area contributed by atoms with Crippen LogP contribution in [0.5, 0.6) is 0 Å². The van der Waals surface area contributed by atoms with Crippen LogP contribution in [0.4, 0.5) is 0 Å². The quantitative estimate of drug-likeness (QED) is 0.786. The highest BCUT2D eigenvalue weighted by Gasteiger charge is 2.33. The van der Waals surface area contributed by atoms with Crippen LogP contribution < -0.4 is 5.32 Å². The lowest BCUT2D eigenvalue weighted by Gasteiger charge is -2.36. The summed E-state index contributed by atoms with van der Waals surface area (Å²) in [6, 6.07) is 10.0. The van der Waals surface area contributed by atoms with Crippen molar-refractivity contribution in [3.8, 4) is 0 Å². The summed E-state index contributed by atoms with van der Waals surface area (Å²) in [5, 5.41) is 12.5. The molecule has 1 aliphatic rings. The molecule has 0 unspecified atom stereocenters. The molecule has 110 valence electrons. The van der Waals surface area contributed by atoms with E-state index in [1.54, 1.807) is 11.8 Å². The molecule has 1 aromatic carbocycles. The summed E-state index contributed by atoms with van der Waals surface area (Å²) in [7, 11) is 0. The Labute approximate surface area is 123 Å². The zero-order chi connectivity index (χ0) is 14.3. The fourth-order valence-electron chi connectivity index (χ4n) is 2.22. The first-order chi connectivity index (χ1) is 9.74. The minimum absolute atomic E-state index is 0.00406. The second kappa shape index (κ2) is 7.67. The Morgan fingerprint density at radius 3 is 2.65 bits per heavy atom. The SMILES string of the molecule is O=C(CCSc1ccccc1)NC1(CO)CCOCC1. The average Bonchev–Trinajstić information content (AvgIpc) is 2.49. The predicted molar refractivity (Wildman–Crippen MR) is 79.8 cm³/mol. The Balaban J connectivity index is 1.74. The molecule has 4 nitrogen and oxygen atoms in total. The van der Waals surface area contributed by atoms with Crippen molar-refractivity contribution in [2.45, 2.75) is 29.7 Å². The Bertz CT molecular complexity index is 418. The third-order valence-electron chi connectivity index (χ3n) is 3.50. The molecule has 20 heavy (non-hydrogen) atoms. The fourth-order valence-corrected chi connectivity index (χ4v) is 3.09. The van der Waals surface area contributed by atoms with Crippen LogP contribution in [0.2, 0.25) is 0 Å². The molecule has 0 aliphatic carbocycles. The van der Waals surface area contributed by atoms with Crippen LogP contribution >= 0.6 is 11.8 Å². The molecule has 1 heterocycles. The van der Waals surface area contributed by atoms with E-state index in [-0.39, 0.29) is 12.5 Å². The van der Waals surface area contributed by atoms with Gasteiger partial charge in [0.25, 0.3) is 0 Å². The molecule has 0 atom stereocenters. The van der Waals surface area contributed by atoms with Crippen LogP contribution in [-0.2, 0) is 9.53 Å². The number of rotatable bonds is 6. The van der Waals surface area contributed by atoms with Gasteiger partial charge in [0.2, 0.25) is 5.91 Å². The van der Waals surface area contributed by atoms with Crippen molar-refractivity contribution >= 4 is 17.7 Å². The third-order valence-corrected chi connectivity index (χ3v) is 4.51. The monoisotopic (exact) mass is 295 g/mol. The summed E-state index contributed by atoms with van der Waals surface area (Å²) < 4.78 is 5.28. The van der Waals surface area contributed by atoms with E-state index in [9.17, 15) is 9.90 Å². The lowest BCUT2D eigenvalue weighted by Crippen LogP contribution is -2.54. The number of benzene rings is 1. The van der Waals surface area contributed by atoms with Gasteiger partial charge in [-0.3, -0.25) is 4.79 Å². The van der Waals surface area contributed by atoms with Crippen molar-refractivity contribution in [3.63, 3.8) is 0 Å². The van der Waals surface area contributed by atoms with Gasteiger partial charge >= 0.3 is 0 Å². The van der Waals surface area contributed by atoms with Crippen molar-refractivity contribution in [2.24, 2.45) is 0 Å². The van der Waals surface area contributed by atoms with E-state index < -0.39 is 5.54 Å². The van der Waals surface area contributed by atoms with E-state index in [0.717, 1.165) is 5.75 Å². The molecule has 1 fully saturated rings. The van der Waals surface area contributed by atoms with E-state index in [1.807, 2.05) is 30.3 Å². The minimum atomic E-state index is -0.479. The number of thioether (sulfide) groups is 1. The molecule has 2 rings (SSSR count). The minimum Gasteiger partial charge on any atom is -0.394 e. The van der Waals surface area contributed by atoms with Crippen LogP contribution in [0.15, 0.2) is 35.2 Å². The van der Waals surface area contributed by atoms with E-state index in [4.69, 9.17) is 4.74 Å². The Morgan fingerprint density at radius 2 is 2.00 bits per heavy atom. The van der Waals surface area contributed by atoms with Crippen molar-refractivity contribution in [3.05, 3.63) is 30.3 Å². The molecule has 2 N–H and O–H groups in total. The van der Waals surface area contributed by atoms with E-state index in [2.05, 4.69) is 5.32 Å². The van der Waals surface area contributed by atoms with E-state index >= 15 is 0 Å². The standard InChI is InChI=1S/C15H21NO3S/c17-12-15(7-9-19-10-8-15)16-14(18)6-11-20-13-4-2-1-3-5-13/h1-5,17H,6-12H2,(H,16,18). The molecule has 1 saturated heterocycles. The number of carbonyl (C=O) groups excluding carboxylic acids is 1. The summed E-state index contributed by atoms with van der Waals surface area (Å²) in [5.74, 6) is 0.748.